The average Bonchev–Trinajstić information content (AvgIpc) is 2.17. The lowest BCUT2D eigenvalue weighted by molar-refractivity contribution is 0.0141. The highest BCUT2D eigenvalue weighted by Gasteiger charge is 2.27. The van der Waals surface area contributed by atoms with Crippen LogP contribution in [0.5, 0.6) is 0 Å². The summed E-state index contributed by atoms with van der Waals surface area (Å²) in [5, 5.41) is 3.44. The molecule has 0 aromatic carbocycles. The summed E-state index contributed by atoms with van der Waals surface area (Å²) in [6.07, 6.45) is 4.50. The Hall–Kier alpha value is -0.540. The first-order valence-electron chi connectivity index (χ1n) is 4.50. The van der Waals surface area contributed by atoms with E-state index < -0.39 is 0 Å². The van der Waals surface area contributed by atoms with Crippen LogP contribution in [0.25, 0.3) is 0 Å². The Bertz CT molecular complexity index is 191. The first-order chi connectivity index (χ1) is 5.90. The van der Waals surface area contributed by atoms with E-state index in [0.717, 1.165) is 31.8 Å². The molecule has 0 saturated carbocycles. The van der Waals surface area contributed by atoms with Gasteiger partial charge in [-0.2, -0.15) is 0 Å². The van der Waals surface area contributed by atoms with Crippen LogP contribution in [0.3, 0.4) is 0 Å². The molecule has 0 radical (unpaired) electrons. The van der Waals surface area contributed by atoms with E-state index in [0.29, 0.717) is 6.04 Å². The number of methoxy groups -OCH3 is 1. The summed E-state index contributed by atoms with van der Waals surface area (Å²) in [4.78, 5) is 0. The zero-order chi connectivity index (χ0) is 8.39. The quantitative estimate of drug-likeness (QED) is 0.625. The lowest BCUT2D eigenvalue weighted by atomic mass is 9.96. The van der Waals surface area contributed by atoms with Gasteiger partial charge in [-0.25, -0.2) is 0 Å². The molecule has 0 spiro atoms. The zero-order valence-corrected chi connectivity index (χ0v) is 7.38. The highest BCUT2D eigenvalue weighted by atomic mass is 16.5. The molecule has 3 nitrogen and oxygen atoms in total. The first-order valence-corrected chi connectivity index (χ1v) is 4.50. The summed E-state index contributed by atoms with van der Waals surface area (Å²) < 4.78 is 10.8. The van der Waals surface area contributed by atoms with E-state index in [1.807, 2.05) is 0 Å². The second kappa shape index (κ2) is 3.46. The molecule has 1 heterocycles. The largest absolute Gasteiger partial charge is 0.501 e. The highest BCUT2D eigenvalue weighted by Crippen LogP contribution is 2.22. The maximum atomic E-state index is 5.60. The van der Waals surface area contributed by atoms with E-state index >= 15 is 0 Å². The number of hydrogen-bond donors (Lipinski definition) is 1. The molecule has 1 aliphatic carbocycles. The van der Waals surface area contributed by atoms with Crippen molar-refractivity contribution in [1.82, 2.24) is 5.32 Å². The van der Waals surface area contributed by atoms with Gasteiger partial charge < -0.3 is 14.8 Å². The Morgan fingerprint density at radius 3 is 3.42 bits per heavy atom. The summed E-state index contributed by atoms with van der Waals surface area (Å²) in [5.41, 5.74) is 0. The second-order valence-corrected chi connectivity index (χ2v) is 3.27. The number of morpholine rings is 1. The minimum absolute atomic E-state index is 0.238. The fourth-order valence-corrected chi connectivity index (χ4v) is 1.84. The molecule has 2 aliphatic rings. The third kappa shape index (κ3) is 1.47. The van der Waals surface area contributed by atoms with Crippen molar-refractivity contribution in [2.75, 3.05) is 20.3 Å². The van der Waals surface area contributed by atoms with Gasteiger partial charge in [-0.1, -0.05) is 0 Å². The summed E-state index contributed by atoms with van der Waals surface area (Å²) in [5.74, 6) is 1.07. The minimum Gasteiger partial charge on any atom is -0.501 e. The molecule has 3 heteroatoms. The Kier molecular flexibility index (Phi) is 2.33. The van der Waals surface area contributed by atoms with Gasteiger partial charge in [-0.05, 0) is 12.5 Å². The monoisotopic (exact) mass is 169 g/mol. The van der Waals surface area contributed by atoms with Gasteiger partial charge in [-0.15, -0.1) is 0 Å². The molecule has 1 aliphatic heterocycles. The van der Waals surface area contributed by atoms with E-state index in [1.54, 1.807) is 7.11 Å². The predicted octanol–water partition coefficient (Wildman–Crippen LogP) is 0.667. The van der Waals surface area contributed by atoms with Gasteiger partial charge in [-0.3, -0.25) is 0 Å². The number of nitrogens with one attached hydrogen (secondary N) is 1. The van der Waals surface area contributed by atoms with Gasteiger partial charge in [0.2, 0.25) is 0 Å². The van der Waals surface area contributed by atoms with E-state index in [9.17, 15) is 0 Å². The van der Waals surface area contributed by atoms with Gasteiger partial charge >= 0.3 is 0 Å². The number of fused-ring (bicyclic) bond motifs is 1. The molecule has 1 fully saturated rings. The molecule has 0 bridgehead atoms. The van der Waals surface area contributed by atoms with Gasteiger partial charge in [0, 0.05) is 19.0 Å². The highest BCUT2D eigenvalue weighted by molar-refractivity contribution is 5.08. The second-order valence-electron chi connectivity index (χ2n) is 3.27. The summed E-state index contributed by atoms with van der Waals surface area (Å²) in [7, 11) is 1.72. The predicted molar refractivity (Wildman–Crippen MR) is 45.9 cm³/mol. The van der Waals surface area contributed by atoms with Crippen molar-refractivity contribution in [3.05, 3.63) is 11.8 Å². The molecule has 0 amide bonds. The molecule has 1 N–H and O–H groups in total. The zero-order valence-electron chi connectivity index (χ0n) is 7.38. The third-order valence-corrected chi connectivity index (χ3v) is 2.53. The lowest BCUT2D eigenvalue weighted by Gasteiger charge is -2.34. The van der Waals surface area contributed by atoms with Gasteiger partial charge in [0.25, 0.3) is 0 Å². The molecule has 2 rings (SSSR count). The molecule has 68 valence electrons. The topological polar surface area (TPSA) is 30.5 Å². The summed E-state index contributed by atoms with van der Waals surface area (Å²) in [6.45, 7) is 1.80. The first kappa shape index (κ1) is 8.08. The van der Waals surface area contributed by atoms with Crippen LogP contribution in [0.1, 0.15) is 12.8 Å². The van der Waals surface area contributed by atoms with Crippen molar-refractivity contribution in [1.29, 1.82) is 0 Å². The number of hydrogen-bond acceptors (Lipinski definition) is 3. The van der Waals surface area contributed by atoms with Crippen molar-refractivity contribution < 1.29 is 9.47 Å². The van der Waals surface area contributed by atoms with E-state index in [-0.39, 0.29) is 6.10 Å². The fourth-order valence-electron chi connectivity index (χ4n) is 1.84. The van der Waals surface area contributed by atoms with Crippen LogP contribution < -0.4 is 5.32 Å². The Morgan fingerprint density at radius 1 is 1.67 bits per heavy atom. The smallest absolute Gasteiger partial charge is 0.0944 e. The van der Waals surface area contributed by atoms with Gasteiger partial charge in [0.15, 0.2) is 0 Å². The van der Waals surface area contributed by atoms with E-state index in [2.05, 4.69) is 11.4 Å². The molecular formula is C9H15NO2. The minimum atomic E-state index is 0.238. The maximum Gasteiger partial charge on any atom is 0.0944 e. The summed E-state index contributed by atoms with van der Waals surface area (Å²) in [6, 6.07) is 0.512. The molecule has 12 heavy (non-hydrogen) atoms. The number of ether oxygens (including phenoxy) is 2. The van der Waals surface area contributed by atoms with Crippen LogP contribution in [-0.2, 0) is 9.47 Å². The van der Waals surface area contributed by atoms with Crippen LogP contribution in [0.15, 0.2) is 11.8 Å². The number of allylic oxidation sites excluding steroid dienone is 1. The van der Waals surface area contributed by atoms with Crippen LogP contribution >= 0.6 is 0 Å². The average molecular weight is 169 g/mol. The lowest BCUT2D eigenvalue weighted by Crippen LogP contribution is -2.48. The molecule has 1 saturated heterocycles. The van der Waals surface area contributed by atoms with Crippen LogP contribution in [0.4, 0.5) is 0 Å². The van der Waals surface area contributed by atoms with Crippen molar-refractivity contribution in [2.45, 2.75) is 25.0 Å². The normalized spacial score (nSPS) is 35.2. The molecular weight excluding hydrogens is 154 g/mol. The standard InChI is InChI=1S/C9H15NO2/c1-11-7-2-3-8-9(6-7)12-5-4-10-8/h6,8-10H,2-5H2,1H3. The Balaban J connectivity index is 2.04. The SMILES string of the molecule is COC1=CC2OCCNC2CC1. The van der Waals surface area contributed by atoms with Gasteiger partial charge in [0.05, 0.1) is 25.6 Å². The number of rotatable bonds is 1. The van der Waals surface area contributed by atoms with E-state index in [4.69, 9.17) is 9.47 Å². The fraction of sp³-hybridized carbons (Fsp3) is 0.778. The Morgan fingerprint density at radius 2 is 2.58 bits per heavy atom. The van der Waals surface area contributed by atoms with Crippen LogP contribution in [0, 0.1) is 0 Å². The Labute approximate surface area is 72.7 Å². The summed E-state index contributed by atoms with van der Waals surface area (Å²) >= 11 is 0. The van der Waals surface area contributed by atoms with Crippen molar-refractivity contribution in [2.24, 2.45) is 0 Å². The van der Waals surface area contributed by atoms with Crippen molar-refractivity contribution in [3.63, 3.8) is 0 Å². The molecule has 2 atom stereocenters. The van der Waals surface area contributed by atoms with Gasteiger partial charge in [0.1, 0.15) is 0 Å². The molecule has 2 unspecified atom stereocenters. The molecule has 0 aromatic rings. The van der Waals surface area contributed by atoms with Crippen LogP contribution in [0.2, 0.25) is 0 Å². The van der Waals surface area contributed by atoms with Crippen molar-refractivity contribution in [3.8, 4) is 0 Å². The third-order valence-electron chi connectivity index (χ3n) is 2.53. The van der Waals surface area contributed by atoms with Crippen LogP contribution in [-0.4, -0.2) is 32.4 Å². The maximum absolute atomic E-state index is 5.60. The van der Waals surface area contributed by atoms with E-state index in [1.165, 1.54) is 0 Å². The molecule has 0 aromatic heterocycles. The van der Waals surface area contributed by atoms with Crippen molar-refractivity contribution >= 4 is 0 Å².